The number of hydrogen-bond acceptors (Lipinski definition) is 4. The highest BCUT2D eigenvalue weighted by atomic mass is 35.6. The summed E-state index contributed by atoms with van der Waals surface area (Å²) in [5.74, 6) is 0.178. The highest BCUT2D eigenvalue weighted by Crippen LogP contribution is 2.25. The fourth-order valence-corrected chi connectivity index (χ4v) is 0.612. The second-order valence-corrected chi connectivity index (χ2v) is 5.45. The second kappa shape index (κ2) is 7.41. The monoisotopic (exact) mass is 303 g/mol. The summed E-state index contributed by atoms with van der Waals surface area (Å²) in [6.07, 6.45) is 0.176. The van der Waals surface area contributed by atoms with Gasteiger partial charge in [0, 0.05) is 14.1 Å². The molecule has 98 valence electrons. The molecule has 0 aliphatic rings. The molecule has 0 bridgehead atoms. The largest absolute Gasteiger partial charge is 0.445 e. The number of rotatable bonds is 3. The topological polar surface area (TPSA) is 92.3 Å². The van der Waals surface area contributed by atoms with Crippen molar-refractivity contribution in [2.24, 2.45) is 15.9 Å². The van der Waals surface area contributed by atoms with E-state index in [9.17, 15) is 4.79 Å². The Bertz CT molecular complexity index is 313. The lowest BCUT2D eigenvalue weighted by Crippen LogP contribution is -2.30. The van der Waals surface area contributed by atoms with Gasteiger partial charge in [0.05, 0.1) is 0 Å². The van der Waals surface area contributed by atoms with Crippen molar-refractivity contribution in [3.63, 3.8) is 0 Å². The van der Waals surface area contributed by atoms with Crippen molar-refractivity contribution in [3.8, 4) is 0 Å². The van der Waals surface area contributed by atoms with Crippen LogP contribution in [0, 0.1) is 0 Å². The molecular formula is C7H12Cl3N5O2. The van der Waals surface area contributed by atoms with Crippen LogP contribution in [0.2, 0.25) is 0 Å². The van der Waals surface area contributed by atoms with Crippen molar-refractivity contribution in [1.82, 2.24) is 10.2 Å². The molecular weight excluding hydrogens is 292 g/mol. The normalized spacial score (nSPS) is 12.6. The molecule has 0 fully saturated rings. The van der Waals surface area contributed by atoms with E-state index in [4.69, 9.17) is 40.5 Å². The minimum absolute atomic E-state index is 0.178. The quantitative estimate of drug-likeness (QED) is 0.351. The zero-order chi connectivity index (χ0) is 13.5. The molecule has 7 nitrogen and oxygen atoms in total. The van der Waals surface area contributed by atoms with E-state index in [1.165, 1.54) is 0 Å². The molecule has 1 amide bonds. The van der Waals surface area contributed by atoms with E-state index in [-0.39, 0.29) is 12.6 Å². The van der Waals surface area contributed by atoms with Crippen LogP contribution in [-0.2, 0) is 4.74 Å². The maximum absolute atomic E-state index is 11.0. The highest BCUT2D eigenvalue weighted by Gasteiger charge is 2.21. The van der Waals surface area contributed by atoms with Crippen LogP contribution in [0.25, 0.3) is 0 Å². The van der Waals surface area contributed by atoms with Gasteiger partial charge in [0.2, 0.25) is 9.75 Å². The molecule has 0 heterocycles. The molecule has 0 rings (SSSR count). The van der Waals surface area contributed by atoms with Crippen molar-refractivity contribution < 1.29 is 9.53 Å². The summed E-state index contributed by atoms with van der Waals surface area (Å²) in [5.41, 5.74) is 5.41. The van der Waals surface area contributed by atoms with Crippen molar-refractivity contribution in [3.05, 3.63) is 0 Å². The van der Waals surface area contributed by atoms with Gasteiger partial charge >= 0.3 is 6.09 Å². The van der Waals surface area contributed by atoms with Gasteiger partial charge in [-0.3, -0.25) is 5.32 Å². The first kappa shape index (κ1) is 16.1. The average Bonchev–Trinajstić information content (AvgIpc) is 2.20. The fourth-order valence-electron chi connectivity index (χ4n) is 0.448. The standard InChI is InChI=1S/C7H12Cl3N5O2/c1-15(2)5(11)14-13-4-12-6(16)17-3-7(8,9)10/h4H,3H2,1-2H3,(H2,11,14)(H,12,13,16). The van der Waals surface area contributed by atoms with Gasteiger partial charge in [0.1, 0.15) is 12.9 Å². The summed E-state index contributed by atoms with van der Waals surface area (Å²) >= 11 is 16.1. The van der Waals surface area contributed by atoms with Crippen LogP contribution in [0.3, 0.4) is 0 Å². The molecule has 0 aliphatic carbocycles. The maximum atomic E-state index is 11.0. The molecule has 0 aromatic heterocycles. The molecule has 0 aromatic carbocycles. The van der Waals surface area contributed by atoms with Gasteiger partial charge < -0.3 is 15.4 Å². The Kier molecular flexibility index (Phi) is 7.01. The molecule has 17 heavy (non-hydrogen) atoms. The molecule has 0 saturated heterocycles. The van der Waals surface area contributed by atoms with Gasteiger partial charge in [0.15, 0.2) is 0 Å². The lowest BCUT2D eigenvalue weighted by atomic mass is 10.8. The first-order valence-electron chi connectivity index (χ1n) is 4.24. The van der Waals surface area contributed by atoms with Crippen LogP contribution in [0.5, 0.6) is 0 Å². The predicted octanol–water partition coefficient (Wildman–Crippen LogP) is 0.902. The summed E-state index contributed by atoms with van der Waals surface area (Å²) in [6, 6.07) is 0. The van der Waals surface area contributed by atoms with E-state index in [1.54, 1.807) is 19.0 Å². The summed E-state index contributed by atoms with van der Waals surface area (Å²) in [4.78, 5) is 12.5. The zero-order valence-electron chi connectivity index (χ0n) is 9.15. The molecule has 0 saturated carbocycles. The van der Waals surface area contributed by atoms with Crippen molar-refractivity contribution in [1.29, 1.82) is 0 Å². The maximum Gasteiger partial charge on any atom is 0.412 e. The number of ether oxygens (including phenoxy) is 1. The number of nitrogens with two attached hydrogens (primary N) is 1. The van der Waals surface area contributed by atoms with Crippen LogP contribution in [-0.4, -0.2) is 47.8 Å². The lowest BCUT2D eigenvalue weighted by molar-refractivity contribution is 0.154. The molecule has 0 radical (unpaired) electrons. The smallest absolute Gasteiger partial charge is 0.412 e. The van der Waals surface area contributed by atoms with Gasteiger partial charge in [-0.2, -0.15) is 0 Å². The van der Waals surface area contributed by atoms with E-state index in [2.05, 4.69) is 20.3 Å². The van der Waals surface area contributed by atoms with Crippen molar-refractivity contribution >= 4 is 53.2 Å². The van der Waals surface area contributed by atoms with Crippen LogP contribution < -0.4 is 11.1 Å². The molecule has 0 atom stereocenters. The molecule has 0 unspecified atom stereocenters. The number of carbonyl (C=O) groups is 1. The van der Waals surface area contributed by atoms with Crippen molar-refractivity contribution in [2.45, 2.75) is 3.79 Å². The Morgan fingerprint density at radius 3 is 2.59 bits per heavy atom. The minimum atomic E-state index is -1.65. The number of nitrogens with zero attached hydrogens (tertiary/aromatic N) is 3. The van der Waals surface area contributed by atoms with Crippen LogP contribution in [0.1, 0.15) is 0 Å². The number of guanidine groups is 1. The van der Waals surface area contributed by atoms with Gasteiger partial charge in [-0.15, -0.1) is 10.2 Å². The minimum Gasteiger partial charge on any atom is -0.445 e. The first-order valence-corrected chi connectivity index (χ1v) is 5.38. The molecule has 10 heteroatoms. The number of amides is 1. The first-order chi connectivity index (χ1) is 7.72. The highest BCUT2D eigenvalue weighted by molar-refractivity contribution is 6.67. The average molecular weight is 305 g/mol. The molecule has 0 aliphatic heterocycles. The lowest BCUT2D eigenvalue weighted by Gasteiger charge is -2.10. The number of carbonyl (C=O) groups excluding carboxylic acids is 1. The van der Waals surface area contributed by atoms with Gasteiger partial charge in [-0.25, -0.2) is 4.79 Å². The Labute approximate surface area is 114 Å². The Balaban J connectivity index is 3.93. The van der Waals surface area contributed by atoms with Gasteiger partial charge in [0.25, 0.3) is 0 Å². The van der Waals surface area contributed by atoms with Crippen LogP contribution >= 0.6 is 34.8 Å². The third-order valence-corrected chi connectivity index (χ3v) is 1.55. The van der Waals surface area contributed by atoms with E-state index < -0.39 is 9.89 Å². The number of halogens is 3. The summed E-state index contributed by atoms with van der Waals surface area (Å²) in [6.45, 7) is -0.375. The summed E-state index contributed by atoms with van der Waals surface area (Å²) in [5, 5.41) is 9.15. The van der Waals surface area contributed by atoms with Gasteiger partial charge in [-0.05, 0) is 0 Å². The summed E-state index contributed by atoms with van der Waals surface area (Å²) in [7, 11) is 3.38. The van der Waals surface area contributed by atoms with Crippen molar-refractivity contribution in [2.75, 3.05) is 20.7 Å². The molecule has 0 aromatic rings. The third kappa shape index (κ3) is 9.98. The second-order valence-electron chi connectivity index (χ2n) is 2.93. The van der Waals surface area contributed by atoms with Crippen LogP contribution in [0.4, 0.5) is 4.79 Å². The zero-order valence-corrected chi connectivity index (χ0v) is 11.4. The number of alkyl carbamates (subject to hydrolysis) is 1. The fraction of sp³-hybridized carbons (Fsp3) is 0.571. The SMILES string of the molecule is CN(C)C(N)=NN=CNC(=O)OCC(Cl)(Cl)Cl. The predicted molar refractivity (Wildman–Crippen MR) is 68.6 cm³/mol. The molecule has 3 N–H and O–H groups in total. The summed E-state index contributed by atoms with van der Waals surface area (Å²) < 4.78 is 2.88. The number of alkyl halides is 3. The van der Waals surface area contributed by atoms with E-state index in [1.807, 2.05) is 0 Å². The van der Waals surface area contributed by atoms with E-state index >= 15 is 0 Å². The van der Waals surface area contributed by atoms with E-state index in [0.717, 1.165) is 6.34 Å². The van der Waals surface area contributed by atoms with Gasteiger partial charge in [-0.1, -0.05) is 34.8 Å². The Hall–Kier alpha value is -0.920. The Morgan fingerprint density at radius 1 is 1.53 bits per heavy atom. The van der Waals surface area contributed by atoms with E-state index in [0.29, 0.717) is 0 Å². The van der Waals surface area contributed by atoms with Crippen LogP contribution in [0.15, 0.2) is 10.2 Å². The Morgan fingerprint density at radius 2 is 2.12 bits per heavy atom. The number of nitrogens with one attached hydrogen (secondary N) is 1. The third-order valence-electron chi connectivity index (χ3n) is 1.23. The molecule has 0 spiro atoms. The number of hydrogen-bond donors (Lipinski definition) is 2.